The summed E-state index contributed by atoms with van der Waals surface area (Å²) in [6.07, 6.45) is 2.56. The number of ether oxygens (including phenoxy) is 2. The Kier molecular flexibility index (Phi) is 3.93. The van der Waals surface area contributed by atoms with Gasteiger partial charge in [-0.3, -0.25) is 4.68 Å². The highest BCUT2D eigenvalue weighted by molar-refractivity contribution is 5.06. The quantitative estimate of drug-likeness (QED) is 0.806. The molecule has 0 spiro atoms. The first kappa shape index (κ1) is 11.6. The molecule has 0 amide bonds. The smallest absolute Gasteiger partial charge is 0.159 e. The fourth-order valence-corrected chi connectivity index (χ4v) is 2.02. The van der Waals surface area contributed by atoms with Crippen LogP contribution < -0.4 is 5.32 Å². The van der Waals surface area contributed by atoms with Crippen molar-refractivity contribution >= 4 is 0 Å². The third-order valence-electron chi connectivity index (χ3n) is 2.79. The summed E-state index contributed by atoms with van der Waals surface area (Å²) in [6, 6.07) is 2.27. The van der Waals surface area contributed by atoms with Gasteiger partial charge in [-0.15, -0.1) is 0 Å². The van der Waals surface area contributed by atoms with Crippen molar-refractivity contribution in [2.75, 3.05) is 19.8 Å². The first-order valence-electron chi connectivity index (χ1n) is 5.75. The summed E-state index contributed by atoms with van der Waals surface area (Å²) in [5.41, 5.74) is 1.17. The van der Waals surface area contributed by atoms with Gasteiger partial charge in [0.05, 0.1) is 24.9 Å². The van der Waals surface area contributed by atoms with E-state index in [-0.39, 0.29) is 12.3 Å². The summed E-state index contributed by atoms with van der Waals surface area (Å²) >= 11 is 0. The average Bonchev–Trinajstić information content (AvgIpc) is 2.88. The zero-order valence-corrected chi connectivity index (χ0v) is 9.85. The summed E-state index contributed by atoms with van der Waals surface area (Å²) in [5.74, 6) is 0. The molecule has 1 aromatic heterocycles. The zero-order chi connectivity index (χ0) is 11.4. The lowest BCUT2D eigenvalue weighted by Gasteiger charge is -2.20. The Morgan fingerprint density at radius 2 is 2.31 bits per heavy atom. The SMILES string of the molecule is CCNC(CC1OCCO1)c1ccnn1C. The number of aryl methyl sites for hydroxylation is 1. The molecule has 1 aliphatic heterocycles. The van der Waals surface area contributed by atoms with Gasteiger partial charge in [0.25, 0.3) is 0 Å². The number of nitrogens with zero attached hydrogens (tertiary/aromatic N) is 2. The van der Waals surface area contributed by atoms with E-state index in [2.05, 4.69) is 17.3 Å². The van der Waals surface area contributed by atoms with Gasteiger partial charge in [0, 0.05) is 19.7 Å². The first-order chi connectivity index (χ1) is 7.81. The maximum atomic E-state index is 5.48. The van der Waals surface area contributed by atoms with E-state index in [0.29, 0.717) is 13.2 Å². The highest BCUT2D eigenvalue weighted by atomic mass is 16.7. The van der Waals surface area contributed by atoms with Crippen LogP contribution in [0.5, 0.6) is 0 Å². The van der Waals surface area contributed by atoms with Crippen LogP contribution in [0.15, 0.2) is 12.3 Å². The van der Waals surface area contributed by atoms with Crippen LogP contribution in [0.2, 0.25) is 0 Å². The summed E-state index contributed by atoms with van der Waals surface area (Å²) in [4.78, 5) is 0. The normalized spacial score (nSPS) is 19.1. The standard InChI is InChI=1S/C11H19N3O2/c1-3-12-9(8-11-15-6-7-16-11)10-4-5-13-14(10)2/h4-5,9,11-12H,3,6-8H2,1-2H3. The van der Waals surface area contributed by atoms with Crippen molar-refractivity contribution in [3.63, 3.8) is 0 Å². The molecule has 1 N–H and O–H groups in total. The highest BCUT2D eigenvalue weighted by Crippen LogP contribution is 2.21. The topological polar surface area (TPSA) is 48.3 Å². The molecule has 1 fully saturated rings. The van der Waals surface area contributed by atoms with Gasteiger partial charge in [0.1, 0.15) is 0 Å². The second-order valence-electron chi connectivity index (χ2n) is 3.90. The van der Waals surface area contributed by atoms with Gasteiger partial charge in [0.15, 0.2) is 6.29 Å². The molecular weight excluding hydrogens is 206 g/mol. The molecule has 5 heteroatoms. The van der Waals surface area contributed by atoms with Crippen LogP contribution in [-0.2, 0) is 16.5 Å². The molecule has 0 aliphatic carbocycles. The maximum Gasteiger partial charge on any atom is 0.159 e. The van der Waals surface area contributed by atoms with Crippen molar-refractivity contribution in [2.24, 2.45) is 7.05 Å². The molecule has 0 bridgehead atoms. The molecule has 16 heavy (non-hydrogen) atoms. The second-order valence-corrected chi connectivity index (χ2v) is 3.90. The van der Waals surface area contributed by atoms with Gasteiger partial charge in [-0.2, -0.15) is 5.10 Å². The molecule has 1 unspecified atom stereocenters. The minimum Gasteiger partial charge on any atom is -0.350 e. The fourth-order valence-electron chi connectivity index (χ4n) is 2.02. The van der Waals surface area contributed by atoms with Crippen LogP contribution in [0.1, 0.15) is 25.1 Å². The van der Waals surface area contributed by atoms with E-state index in [1.165, 1.54) is 5.69 Å². The van der Waals surface area contributed by atoms with Gasteiger partial charge in [0.2, 0.25) is 0 Å². The maximum absolute atomic E-state index is 5.48. The Balaban J connectivity index is 2.01. The van der Waals surface area contributed by atoms with Crippen LogP contribution in [-0.4, -0.2) is 35.8 Å². The number of rotatable bonds is 5. The minimum absolute atomic E-state index is 0.0843. The molecule has 1 atom stereocenters. The van der Waals surface area contributed by atoms with Crippen molar-refractivity contribution in [2.45, 2.75) is 25.7 Å². The number of hydrogen-bond donors (Lipinski definition) is 1. The lowest BCUT2D eigenvalue weighted by atomic mass is 10.1. The first-order valence-corrected chi connectivity index (χ1v) is 5.75. The third-order valence-corrected chi connectivity index (χ3v) is 2.79. The summed E-state index contributed by atoms with van der Waals surface area (Å²) in [5, 5.41) is 7.62. The Hall–Kier alpha value is -0.910. The number of nitrogens with one attached hydrogen (secondary N) is 1. The van der Waals surface area contributed by atoms with E-state index in [9.17, 15) is 0 Å². The zero-order valence-electron chi connectivity index (χ0n) is 9.85. The lowest BCUT2D eigenvalue weighted by Crippen LogP contribution is -2.27. The molecule has 0 saturated carbocycles. The summed E-state index contributed by atoms with van der Waals surface area (Å²) < 4.78 is 12.8. The molecule has 1 aromatic rings. The Bertz CT molecular complexity index is 321. The number of hydrogen-bond acceptors (Lipinski definition) is 4. The Morgan fingerprint density at radius 3 is 2.88 bits per heavy atom. The predicted molar refractivity (Wildman–Crippen MR) is 59.9 cm³/mol. The highest BCUT2D eigenvalue weighted by Gasteiger charge is 2.23. The molecular formula is C11H19N3O2. The fraction of sp³-hybridized carbons (Fsp3) is 0.727. The lowest BCUT2D eigenvalue weighted by molar-refractivity contribution is -0.0533. The molecule has 1 aliphatic rings. The van der Waals surface area contributed by atoms with Crippen LogP contribution in [0.3, 0.4) is 0 Å². The monoisotopic (exact) mass is 225 g/mol. The molecule has 0 aromatic carbocycles. The van der Waals surface area contributed by atoms with Crippen LogP contribution >= 0.6 is 0 Å². The van der Waals surface area contributed by atoms with Gasteiger partial charge in [-0.05, 0) is 12.6 Å². The Labute approximate surface area is 95.7 Å². The van der Waals surface area contributed by atoms with E-state index in [0.717, 1.165) is 13.0 Å². The molecule has 1 saturated heterocycles. The summed E-state index contributed by atoms with van der Waals surface area (Å²) in [7, 11) is 1.95. The predicted octanol–water partition coefficient (Wildman–Crippen LogP) is 0.834. The van der Waals surface area contributed by atoms with E-state index >= 15 is 0 Å². The van der Waals surface area contributed by atoms with Gasteiger partial charge >= 0.3 is 0 Å². The Morgan fingerprint density at radius 1 is 1.56 bits per heavy atom. The van der Waals surface area contributed by atoms with Crippen molar-refractivity contribution < 1.29 is 9.47 Å². The molecule has 2 rings (SSSR count). The molecule has 0 radical (unpaired) electrons. The van der Waals surface area contributed by atoms with E-state index in [1.54, 1.807) is 0 Å². The van der Waals surface area contributed by atoms with Crippen LogP contribution in [0.25, 0.3) is 0 Å². The molecule has 2 heterocycles. The van der Waals surface area contributed by atoms with Crippen molar-refractivity contribution in [3.8, 4) is 0 Å². The van der Waals surface area contributed by atoms with Gasteiger partial charge in [-0.1, -0.05) is 6.92 Å². The second kappa shape index (κ2) is 5.43. The van der Waals surface area contributed by atoms with Gasteiger partial charge in [-0.25, -0.2) is 0 Å². The van der Waals surface area contributed by atoms with E-state index < -0.39 is 0 Å². The molecule has 90 valence electrons. The average molecular weight is 225 g/mol. The molecule has 5 nitrogen and oxygen atoms in total. The third kappa shape index (κ3) is 2.61. The summed E-state index contributed by atoms with van der Waals surface area (Å²) in [6.45, 7) is 4.42. The van der Waals surface area contributed by atoms with Crippen molar-refractivity contribution in [3.05, 3.63) is 18.0 Å². The van der Waals surface area contributed by atoms with Crippen molar-refractivity contribution in [1.82, 2.24) is 15.1 Å². The van der Waals surface area contributed by atoms with Crippen LogP contribution in [0.4, 0.5) is 0 Å². The minimum atomic E-state index is -0.0843. The number of aromatic nitrogens is 2. The van der Waals surface area contributed by atoms with E-state index in [4.69, 9.17) is 9.47 Å². The largest absolute Gasteiger partial charge is 0.350 e. The van der Waals surface area contributed by atoms with Crippen LogP contribution in [0, 0.1) is 0 Å². The van der Waals surface area contributed by atoms with E-state index in [1.807, 2.05) is 24.0 Å². The van der Waals surface area contributed by atoms with Gasteiger partial charge < -0.3 is 14.8 Å². The van der Waals surface area contributed by atoms with Crippen molar-refractivity contribution in [1.29, 1.82) is 0 Å².